The van der Waals surface area contributed by atoms with E-state index in [4.69, 9.17) is 5.73 Å². The van der Waals surface area contributed by atoms with Crippen molar-refractivity contribution in [3.63, 3.8) is 0 Å². The highest BCUT2D eigenvalue weighted by molar-refractivity contribution is 5.85. The van der Waals surface area contributed by atoms with Crippen LogP contribution >= 0.6 is 0 Å². The molecule has 112 valence electrons. The lowest BCUT2D eigenvalue weighted by Gasteiger charge is -2.35. The van der Waals surface area contributed by atoms with Gasteiger partial charge in [0.1, 0.15) is 0 Å². The maximum Gasteiger partial charge on any atom is -0.00173 e. The molecule has 0 radical (unpaired) electrons. The maximum absolute atomic E-state index is 6.25. The van der Waals surface area contributed by atoms with E-state index in [1.807, 2.05) is 0 Å². The summed E-state index contributed by atoms with van der Waals surface area (Å²) in [5.74, 6) is 0. The molecule has 2 aromatic carbocycles. The summed E-state index contributed by atoms with van der Waals surface area (Å²) >= 11 is 0. The molecule has 1 aliphatic carbocycles. The Morgan fingerprint density at radius 1 is 0.810 bits per heavy atom. The normalized spacial score (nSPS) is 19.1. The second kappa shape index (κ2) is 6.62. The van der Waals surface area contributed by atoms with E-state index >= 15 is 0 Å². The number of fused-ring (bicyclic) bond motifs is 1. The third kappa shape index (κ3) is 3.29. The molecule has 2 N–H and O–H groups in total. The molecular weight excluding hydrogens is 254 g/mol. The molecule has 1 fully saturated rings. The smallest absolute Gasteiger partial charge is 0.00173 e. The van der Waals surface area contributed by atoms with Crippen molar-refractivity contribution in [3.8, 4) is 0 Å². The van der Waals surface area contributed by atoms with Crippen molar-refractivity contribution >= 4 is 10.8 Å². The highest BCUT2D eigenvalue weighted by Gasteiger charge is 2.29. The van der Waals surface area contributed by atoms with Gasteiger partial charge in [0, 0.05) is 0 Å². The van der Waals surface area contributed by atoms with E-state index in [1.165, 1.54) is 61.3 Å². The van der Waals surface area contributed by atoms with Gasteiger partial charge in [-0.2, -0.15) is 0 Å². The monoisotopic (exact) mass is 281 g/mol. The summed E-state index contributed by atoms with van der Waals surface area (Å²) in [5.41, 5.74) is 8.06. The van der Waals surface area contributed by atoms with E-state index < -0.39 is 0 Å². The van der Waals surface area contributed by atoms with Crippen LogP contribution in [0.4, 0.5) is 0 Å². The first-order chi connectivity index (χ1) is 10.3. The van der Waals surface area contributed by atoms with Crippen LogP contribution in [0.2, 0.25) is 0 Å². The van der Waals surface area contributed by atoms with Crippen molar-refractivity contribution < 1.29 is 0 Å². The highest BCUT2D eigenvalue weighted by Crippen LogP contribution is 2.37. The highest BCUT2D eigenvalue weighted by atomic mass is 14.6. The van der Waals surface area contributed by atoms with Crippen molar-refractivity contribution in [2.45, 2.75) is 51.4 Å². The predicted molar refractivity (Wildman–Crippen MR) is 91.5 cm³/mol. The van der Waals surface area contributed by atoms with Gasteiger partial charge < -0.3 is 5.73 Å². The second-order valence-corrected chi connectivity index (χ2v) is 6.79. The van der Waals surface area contributed by atoms with Gasteiger partial charge in [-0.25, -0.2) is 0 Å². The Morgan fingerprint density at radius 2 is 1.48 bits per heavy atom. The first-order valence-corrected chi connectivity index (χ1v) is 8.50. The van der Waals surface area contributed by atoms with Gasteiger partial charge >= 0.3 is 0 Å². The van der Waals surface area contributed by atoms with Crippen LogP contribution in [0.25, 0.3) is 10.8 Å². The largest absolute Gasteiger partial charge is 0.330 e. The predicted octanol–water partition coefficient (Wildman–Crippen LogP) is 5.07. The van der Waals surface area contributed by atoms with Crippen LogP contribution in [0, 0.1) is 5.41 Å². The van der Waals surface area contributed by atoms with Gasteiger partial charge in [-0.15, -0.1) is 0 Å². The molecule has 0 atom stereocenters. The fourth-order valence-electron chi connectivity index (χ4n) is 3.96. The summed E-state index contributed by atoms with van der Waals surface area (Å²) in [7, 11) is 0. The Labute approximate surface area is 128 Å². The Hall–Kier alpha value is -1.34. The zero-order valence-corrected chi connectivity index (χ0v) is 13.0. The van der Waals surface area contributed by atoms with E-state index in [-0.39, 0.29) is 0 Å². The van der Waals surface area contributed by atoms with E-state index in [1.54, 1.807) is 0 Å². The Bertz CT molecular complexity index is 574. The third-order valence-electron chi connectivity index (χ3n) is 5.29. The van der Waals surface area contributed by atoms with Crippen molar-refractivity contribution in [3.05, 3.63) is 48.0 Å². The van der Waals surface area contributed by atoms with E-state index in [9.17, 15) is 0 Å². The fraction of sp³-hybridized carbons (Fsp3) is 0.500. The molecule has 0 unspecified atom stereocenters. The molecule has 0 heterocycles. The van der Waals surface area contributed by atoms with E-state index in [0.29, 0.717) is 5.41 Å². The van der Waals surface area contributed by atoms with E-state index in [2.05, 4.69) is 42.5 Å². The van der Waals surface area contributed by atoms with Gasteiger partial charge in [0.25, 0.3) is 0 Å². The molecule has 0 aliphatic heterocycles. The molecule has 1 heteroatoms. The molecule has 1 aliphatic rings. The molecule has 1 saturated carbocycles. The van der Waals surface area contributed by atoms with E-state index in [0.717, 1.165) is 13.0 Å². The van der Waals surface area contributed by atoms with Crippen LogP contribution in [-0.4, -0.2) is 6.54 Å². The number of benzene rings is 2. The lowest BCUT2D eigenvalue weighted by atomic mass is 9.72. The van der Waals surface area contributed by atoms with Crippen LogP contribution in [0.3, 0.4) is 0 Å². The molecule has 1 nitrogen and oxygen atoms in total. The first-order valence-electron chi connectivity index (χ1n) is 8.50. The van der Waals surface area contributed by atoms with Gasteiger partial charge in [0.15, 0.2) is 0 Å². The molecule has 0 amide bonds. The Balaban J connectivity index is 1.90. The van der Waals surface area contributed by atoms with Crippen LogP contribution in [0.15, 0.2) is 42.5 Å². The number of hydrogen-bond acceptors (Lipinski definition) is 1. The summed E-state index contributed by atoms with van der Waals surface area (Å²) in [6, 6.07) is 15.5. The quantitative estimate of drug-likeness (QED) is 0.835. The molecule has 3 rings (SSSR count). The minimum Gasteiger partial charge on any atom is -0.330 e. The second-order valence-electron chi connectivity index (χ2n) is 6.79. The van der Waals surface area contributed by atoms with Gasteiger partial charge in [-0.1, -0.05) is 74.6 Å². The van der Waals surface area contributed by atoms with Crippen molar-refractivity contribution in [1.82, 2.24) is 0 Å². The lowest BCUT2D eigenvalue weighted by Crippen LogP contribution is -2.33. The topological polar surface area (TPSA) is 26.0 Å². The third-order valence-corrected chi connectivity index (χ3v) is 5.29. The number of rotatable bonds is 3. The van der Waals surface area contributed by atoms with Crippen LogP contribution in [0.5, 0.6) is 0 Å². The Morgan fingerprint density at radius 3 is 2.24 bits per heavy atom. The molecule has 0 spiro atoms. The molecular formula is C20H27N. The SMILES string of the molecule is NCC1(Cc2cccc3ccccc23)CCCCCCC1. The van der Waals surface area contributed by atoms with Gasteiger partial charge in [0.2, 0.25) is 0 Å². The van der Waals surface area contributed by atoms with Crippen molar-refractivity contribution in [2.75, 3.05) is 6.54 Å². The lowest BCUT2D eigenvalue weighted by molar-refractivity contribution is 0.217. The maximum atomic E-state index is 6.25. The minimum absolute atomic E-state index is 0.324. The zero-order chi connectivity index (χ0) is 14.5. The summed E-state index contributed by atoms with van der Waals surface area (Å²) in [6.07, 6.45) is 10.6. The average molecular weight is 281 g/mol. The molecule has 2 aromatic rings. The standard InChI is InChI=1S/C20H27N/c21-16-20(13-6-2-1-3-7-14-20)15-18-11-8-10-17-9-4-5-12-19(17)18/h4-5,8-12H,1-3,6-7,13-16,21H2. The van der Waals surface area contributed by atoms with Crippen LogP contribution in [-0.2, 0) is 6.42 Å². The molecule has 0 saturated heterocycles. The van der Waals surface area contributed by atoms with Gasteiger partial charge in [-0.3, -0.25) is 0 Å². The zero-order valence-electron chi connectivity index (χ0n) is 13.0. The van der Waals surface area contributed by atoms with Crippen LogP contribution in [0.1, 0.15) is 50.5 Å². The minimum atomic E-state index is 0.324. The Kier molecular flexibility index (Phi) is 4.60. The molecule has 21 heavy (non-hydrogen) atoms. The molecule has 0 aromatic heterocycles. The average Bonchev–Trinajstić information content (AvgIpc) is 2.50. The summed E-state index contributed by atoms with van der Waals surface area (Å²) < 4.78 is 0. The van der Waals surface area contributed by atoms with Gasteiger partial charge in [0.05, 0.1) is 0 Å². The fourth-order valence-corrected chi connectivity index (χ4v) is 3.96. The van der Waals surface area contributed by atoms with Gasteiger partial charge in [-0.05, 0) is 47.6 Å². The van der Waals surface area contributed by atoms with Crippen molar-refractivity contribution in [1.29, 1.82) is 0 Å². The number of nitrogens with two attached hydrogens (primary N) is 1. The summed E-state index contributed by atoms with van der Waals surface area (Å²) in [5, 5.41) is 2.77. The summed E-state index contributed by atoms with van der Waals surface area (Å²) in [4.78, 5) is 0. The number of hydrogen-bond donors (Lipinski definition) is 1. The summed E-state index contributed by atoms with van der Waals surface area (Å²) in [6.45, 7) is 0.830. The molecule has 0 bridgehead atoms. The van der Waals surface area contributed by atoms with Crippen LogP contribution < -0.4 is 5.73 Å². The first kappa shape index (κ1) is 14.6. The van der Waals surface area contributed by atoms with Crippen molar-refractivity contribution in [2.24, 2.45) is 11.1 Å².